The zero-order valence-electron chi connectivity index (χ0n) is 12.3. The smallest absolute Gasteiger partial charge is 0.321 e. The minimum Gasteiger partial charge on any atom is -0.495 e. The molecule has 1 fully saturated rings. The number of carboxylic acid groups (broad SMARTS) is 1. The minimum absolute atomic E-state index is 0.230. The lowest BCUT2D eigenvalue weighted by Gasteiger charge is -2.36. The number of carbonyl (C=O) groups is 2. The van der Waals surface area contributed by atoms with E-state index in [9.17, 15) is 14.7 Å². The van der Waals surface area contributed by atoms with Gasteiger partial charge in [0.15, 0.2) is 0 Å². The maximum Gasteiger partial charge on any atom is 0.321 e. The number of amides is 2. The number of ether oxygens (including phenoxy) is 1. The third kappa shape index (κ3) is 3.26. The van der Waals surface area contributed by atoms with Gasteiger partial charge in [-0.25, -0.2) is 4.79 Å². The van der Waals surface area contributed by atoms with E-state index in [1.165, 1.54) is 0 Å². The first-order valence-corrected chi connectivity index (χ1v) is 6.88. The Morgan fingerprint density at radius 3 is 2.48 bits per heavy atom. The lowest BCUT2D eigenvalue weighted by atomic mass is 9.80. The number of methoxy groups -OCH3 is 1. The Balaban J connectivity index is 1.98. The Morgan fingerprint density at radius 1 is 1.29 bits per heavy atom. The van der Waals surface area contributed by atoms with Crippen molar-refractivity contribution in [1.82, 2.24) is 4.90 Å². The summed E-state index contributed by atoms with van der Waals surface area (Å²) in [5, 5.41) is 12.0. The number of anilines is 1. The molecule has 1 aromatic carbocycles. The highest BCUT2D eigenvalue weighted by molar-refractivity contribution is 5.91. The number of hydrogen-bond acceptors (Lipinski definition) is 3. The average molecular weight is 292 g/mol. The van der Waals surface area contributed by atoms with Crippen LogP contribution in [0.25, 0.3) is 0 Å². The maximum absolute atomic E-state index is 12.2. The van der Waals surface area contributed by atoms with Gasteiger partial charge in [-0.05, 0) is 31.9 Å². The van der Waals surface area contributed by atoms with Gasteiger partial charge in [0.25, 0.3) is 0 Å². The molecular weight excluding hydrogens is 272 g/mol. The first kappa shape index (κ1) is 15.2. The molecule has 2 N–H and O–H groups in total. The number of carboxylic acids is 1. The minimum atomic E-state index is -0.799. The van der Waals surface area contributed by atoms with Crippen LogP contribution in [-0.4, -0.2) is 42.2 Å². The summed E-state index contributed by atoms with van der Waals surface area (Å²) >= 11 is 0. The van der Waals surface area contributed by atoms with Crippen LogP contribution < -0.4 is 10.1 Å². The summed E-state index contributed by atoms with van der Waals surface area (Å²) in [6.45, 7) is 2.60. The van der Waals surface area contributed by atoms with Gasteiger partial charge < -0.3 is 20.1 Å². The number of para-hydroxylation sites is 2. The van der Waals surface area contributed by atoms with E-state index in [0.29, 0.717) is 37.4 Å². The van der Waals surface area contributed by atoms with E-state index in [2.05, 4.69) is 5.32 Å². The number of aliphatic carboxylic acids is 1. The number of likely N-dealkylation sites (tertiary alicyclic amines) is 1. The number of carbonyl (C=O) groups excluding carboxylic acids is 1. The molecule has 0 bridgehead atoms. The molecule has 114 valence electrons. The fourth-order valence-electron chi connectivity index (χ4n) is 2.36. The molecule has 0 radical (unpaired) electrons. The maximum atomic E-state index is 12.2. The zero-order chi connectivity index (χ0) is 15.5. The summed E-state index contributed by atoms with van der Waals surface area (Å²) in [5.41, 5.74) is -0.127. The van der Waals surface area contributed by atoms with E-state index < -0.39 is 11.4 Å². The van der Waals surface area contributed by atoms with Gasteiger partial charge >= 0.3 is 12.0 Å². The van der Waals surface area contributed by atoms with E-state index in [0.717, 1.165) is 0 Å². The van der Waals surface area contributed by atoms with Gasteiger partial charge in [0.05, 0.1) is 18.2 Å². The number of hydrogen-bond donors (Lipinski definition) is 2. The molecule has 2 rings (SSSR count). The van der Waals surface area contributed by atoms with Gasteiger partial charge in [0.2, 0.25) is 0 Å². The fraction of sp³-hybridized carbons (Fsp3) is 0.467. The molecule has 6 heteroatoms. The van der Waals surface area contributed by atoms with Crippen LogP contribution in [0.3, 0.4) is 0 Å². The number of urea groups is 1. The number of benzene rings is 1. The Morgan fingerprint density at radius 2 is 1.90 bits per heavy atom. The summed E-state index contributed by atoms with van der Waals surface area (Å²) in [5.74, 6) is -0.203. The molecule has 1 heterocycles. The van der Waals surface area contributed by atoms with Crippen LogP contribution in [-0.2, 0) is 4.79 Å². The van der Waals surface area contributed by atoms with Gasteiger partial charge in [-0.2, -0.15) is 0 Å². The second-order valence-corrected chi connectivity index (χ2v) is 5.48. The SMILES string of the molecule is COc1ccccc1NC(=O)N1CCC(C)(C(=O)O)CC1. The van der Waals surface area contributed by atoms with E-state index in [1.54, 1.807) is 31.1 Å². The number of nitrogens with one attached hydrogen (secondary N) is 1. The van der Waals surface area contributed by atoms with Crippen molar-refractivity contribution in [2.75, 3.05) is 25.5 Å². The highest BCUT2D eigenvalue weighted by Gasteiger charge is 2.38. The monoisotopic (exact) mass is 292 g/mol. The van der Waals surface area contributed by atoms with E-state index >= 15 is 0 Å². The predicted octanol–water partition coefficient (Wildman–Crippen LogP) is 2.41. The molecule has 1 aliphatic rings. The van der Waals surface area contributed by atoms with Crippen LogP contribution in [0.5, 0.6) is 5.75 Å². The van der Waals surface area contributed by atoms with Crippen LogP contribution in [0, 0.1) is 5.41 Å². The second kappa shape index (κ2) is 6.03. The normalized spacial score (nSPS) is 17.1. The van der Waals surface area contributed by atoms with Crippen molar-refractivity contribution in [1.29, 1.82) is 0 Å². The van der Waals surface area contributed by atoms with E-state index in [-0.39, 0.29) is 6.03 Å². The standard InChI is InChI=1S/C15H20N2O4/c1-15(13(18)19)7-9-17(10-8-15)14(20)16-11-5-3-4-6-12(11)21-2/h3-6H,7-10H2,1-2H3,(H,16,20)(H,18,19). The average Bonchev–Trinajstić information content (AvgIpc) is 2.48. The van der Waals surface area contributed by atoms with E-state index in [4.69, 9.17) is 4.74 Å². The van der Waals surface area contributed by atoms with Crippen LogP contribution in [0.15, 0.2) is 24.3 Å². The van der Waals surface area contributed by atoms with Crippen molar-refractivity contribution in [3.63, 3.8) is 0 Å². The molecule has 0 saturated carbocycles. The van der Waals surface area contributed by atoms with Crippen molar-refractivity contribution >= 4 is 17.7 Å². The van der Waals surface area contributed by atoms with E-state index in [1.807, 2.05) is 12.1 Å². The van der Waals surface area contributed by atoms with Gasteiger partial charge in [0.1, 0.15) is 5.75 Å². The number of nitrogens with zero attached hydrogens (tertiary/aromatic N) is 1. The van der Waals surface area contributed by atoms with Gasteiger partial charge in [0, 0.05) is 13.1 Å². The molecular formula is C15H20N2O4. The number of piperidine rings is 1. The topological polar surface area (TPSA) is 78.9 Å². The van der Waals surface area contributed by atoms with Crippen molar-refractivity contribution < 1.29 is 19.4 Å². The van der Waals surface area contributed by atoms with Gasteiger partial charge in [-0.3, -0.25) is 4.79 Å². The first-order valence-electron chi connectivity index (χ1n) is 6.88. The summed E-state index contributed by atoms with van der Waals surface area (Å²) in [6.07, 6.45) is 0.920. The lowest BCUT2D eigenvalue weighted by Crippen LogP contribution is -2.46. The van der Waals surface area contributed by atoms with Crippen molar-refractivity contribution in [2.45, 2.75) is 19.8 Å². The van der Waals surface area contributed by atoms with Gasteiger partial charge in [-0.1, -0.05) is 12.1 Å². The highest BCUT2D eigenvalue weighted by atomic mass is 16.5. The third-order valence-corrected chi connectivity index (χ3v) is 4.02. The van der Waals surface area contributed by atoms with Crippen molar-refractivity contribution in [3.8, 4) is 5.75 Å². The first-order chi connectivity index (χ1) is 9.96. The highest BCUT2D eigenvalue weighted by Crippen LogP contribution is 2.31. The Kier molecular flexibility index (Phi) is 4.35. The summed E-state index contributed by atoms with van der Waals surface area (Å²) < 4.78 is 5.19. The molecule has 2 amide bonds. The van der Waals surface area contributed by atoms with Crippen LogP contribution >= 0.6 is 0 Å². The van der Waals surface area contributed by atoms with Crippen molar-refractivity contribution in [3.05, 3.63) is 24.3 Å². The third-order valence-electron chi connectivity index (χ3n) is 4.02. The Labute approximate surface area is 123 Å². The molecule has 1 saturated heterocycles. The molecule has 0 unspecified atom stereocenters. The Bertz CT molecular complexity index is 536. The molecule has 1 aromatic rings. The summed E-state index contributed by atoms with van der Waals surface area (Å²) in [4.78, 5) is 25.1. The summed E-state index contributed by atoms with van der Waals surface area (Å²) in [7, 11) is 1.55. The molecule has 0 aromatic heterocycles. The molecule has 1 aliphatic heterocycles. The quantitative estimate of drug-likeness (QED) is 0.896. The van der Waals surface area contributed by atoms with Gasteiger partial charge in [-0.15, -0.1) is 0 Å². The largest absolute Gasteiger partial charge is 0.495 e. The summed E-state index contributed by atoms with van der Waals surface area (Å²) in [6, 6.07) is 6.95. The van der Waals surface area contributed by atoms with Crippen LogP contribution in [0.2, 0.25) is 0 Å². The molecule has 6 nitrogen and oxygen atoms in total. The molecule has 21 heavy (non-hydrogen) atoms. The van der Waals surface area contributed by atoms with Crippen molar-refractivity contribution in [2.24, 2.45) is 5.41 Å². The number of rotatable bonds is 3. The molecule has 0 spiro atoms. The second-order valence-electron chi connectivity index (χ2n) is 5.48. The van der Waals surface area contributed by atoms with Crippen LogP contribution in [0.1, 0.15) is 19.8 Å². The molecule has 0 atom stereocenters. The fourth-order valence-corrected chi connectivity index (χ4v) is 2.36. The zero-order valence-corrected chi connectivity index (χ0v) is 12.3. The van der Waals surface area contributed by atoms with Crippen LogP contribution in [0.4, 0.5) is 10.5 Å². The lowest BCUT2D eigenvalue weighted by molar-refractivity contribution is -0.150. The predicted molar refractivity (Wildman–Crippen MR) is 78.6 cm³/mol. The Hall–Kier alpha value is -2.24. The molecule has 0 aliphatic carbocycles.